The third kappa shape index (κ3) is 4.61. The van der Waals surface area contributed by atoms with Gasteiger partial charge in [-0.05, 0) is 69.4 Å². The highest BCUT2D eigenvalue weighted by atomic mass is 16.6. The van der Waals surface area contributed by atoms with E-state index < -0.39 is 17.2 Å². The van der Waals surface area contributed by atoms with Crippen LogP contribution in [0, 0.1) is 0 Å². The van der Waals surface area contributed by atoms with Crippen LogP contribution in [0.25, 0.3) is 50.4 Å². The summed E-state index contributed by atoms with van der Waals surface area (Å²) < 4.78 is 13.9. The van der Waals surface area contributed by atoms with Crippen molar-refractivity contribution >= 4 is 34.0 Å². The van der Waals surface area contributed by atoms with Crippen molar-refractivity contribution < 1.29 is 13.9 Å². The minimum absolute atomic E-state index is 0.119. The van der Waals surface area contributed by atoms with Gasteiger partial charge >= 0.3 is 6.09 Å². The van der Waals surface area contributed by atoms with E-state index in [1.165, 1.54) is 0 Å². The second-order valence-corrected chi connectivity index (χ2v) is 11.7. The number of aryl methyl sites for hydroxylation is 1. The molecule has 208 valence electrons. The molecule has 0 atom stereocenters. The van der Waals surface area contributed by atoms with Crippen molar-refractivity contribution in [2.75, 3.05) is 0 Å². The fraction of sp³-hybridized carbons (Fsp3) is 0.265. The lowest BCUT2D eigenvalue weighted by Gasteiger charge is -2.43. The van der Waals surface area contributed by atoms with Crippen LogP contribution in [0.2, 0.25) is 0 Å². The minimum atomic E-state index is -0.578. The molecule has 2 heterocycles. The zero-order chi connectivity index (χ0) is 28.9. The topological polar surface area (TPSA) is 86.4 Å². The molecule has 0 spiro atoms. The number of aromatic nitrogens is 2. The molecule has 0 unspecified atom stereocenters. The molecule has 1 N–H and O–H groups in total. The molecule has 7 nitrogen and oxygen atoms in total. The van der Waals surface area contributed by atoms with Crippen molar-refractivity contribution in [1.82, 2.24) is 15.1 Å². The lowest BCUT2D eigenvalue weighted by atomic mass is 9.71. The summed E-state index contributed by atoms with van der Waals surface area (Å²) in [5.74, 6) is 0.495. The number of ether oxygens (including phenoxy) is 1. The first-order valence-corrected chi connectivity index (χ1v) is 13.9. The summed E-state index contributed by atoms with van der Waals surface area (Å²) in [5.41, 5.74) is 3.81. The Morgan fingerprint density at radius 3 is 2.32 bits per heavy atom. The van der Waals surface area contributed by atoms with Gasteiger partial charge in [-0.15, -0.1) is 0 Å². The van der Waals surface area contributed by atoms with Gasteiger partial charge in [-0.3, -0.25) is 9.48 Å². The van der Waals surface area contributed by atoms with Crippen LogP contribution in [-0.4, -0.2) is 21.5 Å². The summed E-state index contributed by atoms with van der Waals surface area (Å²) in [6.07, 6.45) is 3.94. The van der Waals surface area contributed by atoms with Crippen LogP contribution in [0.1, 0.15) is 51.3 Å². The van der Waals surface area contributed by atoms with E-state index in [0.29, 0.717) is 22.3 Å². The van der Waals surface area contributed by atoms with Gasteiger partial charge in [0.1, 0.15) is 16.9 Å². The van der Waals surface area contributed by atoms with E-state index >= 15 is 0 Å². The highest BCUT2D eigenvalue weighted by Gasteiger charge is 2.41. The second-order valence-electron chi connectivity index (χ2n) is 11.7. The van der Waals surface area contributed by atoms with Gasteiger partial charge in [0, 0.05) is 18.0 Å². The Bertz CT molecular complexity index is 1850. The molecule has 7 heteroatoms. The maximum atomic E-state index is 14.2. The van der Waals surface area contributed by atoms with E-state index in [0.717, 1.165) is 52.5 Å². The SMILES string of the molecule is C=Cc1nn(C)c2c1ccc1c(=O)c(-c3ccc(C4(NC(=O)OC(C)(C)C)CCC4)cc3)c(-c3ccccc3)oc12. The molecule has 0 radical (unpaired) electrons. The monoisotopic (exact) mass is 547 g/mol. The van der Waals surface area contributed by atoms with Gasteiger partial charge in [-0.2, -0.15) is 5.10 Å². The van der Waals surface area contributed by atoms with E-state index in [9.17, 15) is 9.59 Å². The Morgan fingerprint density at radius 2 is 1.71 bits per heavy atom. The average molecular weight is 548 g/mol. The quantitative estimate of drug-likeness (QED) is 0.245. The van der Waals surface area contributed by atoms with E-state index in [2.05, 4.69) is 17.0 Å². The molecule has 2 aromatic heterocycles. The first-order valence-electron chi connectivity index (χ1n) is 13.9. The number of nitrogens with one attached hydrogen (secondary N) is 1. The number of amides is 1. The van der Waals surface area contributed by atoms with Crippen LogP contribution in [0.15, 0.2) is 82.5 Å². The maximum Gasteiger partial charge on any atom is 0.408 e. The molecule has 1 aliphatic rings. The Hall–Kier alpha value is -4.65. The number of carbonyl (C=O) groups excluding carboxylic acids is 1. The van der Waals surface area contributed by atoms with Crippen LogP contribution >= 0.6 is 0 Å². The molecule has 1 amide bonds. The Labute approximate surface area is 238 Å². The fourth-order valence-electron chi connectivity index (χ4n) is 5.71. The van der Waals surface area contributed by atoms with Crippen molar-refractivity contribution in [2.24, 2.45) is 7.05 Å². The van der Waals surface area contributed by atoms with E-state index in [1.807, 2.05) is 88.5 Å². The molecule has 6 rings (SSSR count). The largest absolute Gasteiger partial charge is 0.453 e. The number of carbonyl (C=O) groups is 1. The zero-order valence-corrected chi connectivity index (χ0v) is 23.8. The number of fused-ring (bicyclic) bond motifs is 3. The van der Waals surface area contributed by atoms with Gasteiger partial charge < -0.3 is 14.5 Å². The van der Waals surface area contributed by atoms with Crippen molar-refractivity contribution in [1.29, 1.82) is 0 Å². The van der Waals surface area contributed by atoms with E-state index in [-0.39, 0.29) is 5.43 Å². The summed E-state index contributed by atoms with van der Waals surface area (Å²) in [7, 11) is 1.84. The van der Waals surface area contributed by atoms with Gasteiger partial charge in [0.25, 0.3) is 0 Å². The van der Waals surface area contributed by atoms with Crippen LogP contribution in [0.3, 0.4) is 0 Å². The number of benzene rings is 3. The average Bonchev–Trinajstić information content (AvgIpc) is 3.26. The molecule has 0 bridgehead atoms. The third-order valence-corrected chi connectivity index (χ3v) is 7.79. The van der Waals surface area contributed by atoms with Gasteiger partial charge in [-0.25, -0.2) is 4.79 Å². The molecule has 1 saturated carbocycles. The molecule has 5 aromatic rings. The summed E-state index contributed by atoms with van der Waals surface area (Å²) in [4.78, 5) is 26.8. The molecule has 0 aliphatic heterocycles. The normalized spacial score (nSPS) is 14.5. The Kier molecular flexibility index (Phi) is 6.33. The van der Waals surface area contributed by atoms with Gasteiger partial charge in [0.15, 0.2) is 5.58 Å². The Balaban J connectivity index is 1.49. The van der Waals surface area contributed by atoms with Gasteiger partial charge in [-0.1, -0.05) is 61.2 Å². The van der Waals surface area contributed by atoms with Crippen LogP contribution < -0.4 is 10.7 Å². The first-order chi connectivity index (χ1) is 19.6. The smallest absolute Gasteiger partial charge is 0.408 e. The molecule has 1 aliphatic carbocycles. The van der Waals surface area contributed by atoms with Gasteiger partial charge in [0.2, 0.25) is 5.43 Å². The van der Waals surface area contributed by atoms with Gasteiger partial charge in [0.05, 0.1) is 22.2 Å². The highest BCUT2D eigenvalue weighted by Crippen LogP contribution is 2.43. The summed E-state index contributed by atoms with van der Waals surface area (Å²) in [5, 5.41) is 9.02. The Morgan fingerprint density at radius 1 is 1.02 bits per heavy atom. The lowest BCUT2D eigenvalue weighted by Crippen LogP contribution is -2.52. The highest BCUT2D eigenvalue weighted by molar-refractivity contribution is 6.06. The van der Waals surface area contributed by atoms with Crippen LogP contribution in [-0.2, 0) is 17.3 Å². The molecule has 1 fully saturated rings. The molecule has 41 heavy (non-hydrogen) atoms. The van der Waals surface area contributed by atoms with Crippen molar-refractivity contribution in [2.45, 2.75) is 51.2 Å². The van der Waals surface area contributed by atoms with Crippen molar-refractivity contribution in [3.8, 4) is 22.5 Å². The summed E-state index contributed by atoms with van der Waals surface area (Å²) >= 11 is 0. The zero-order valence-electron chi connectivity index (χ0n) is 23.8. The predicted octanol–water partition coefficient (Wildman–Crippen LogP) is 7.56. The van der Waals surface area contributed by atoms with Crippen molar-refractivity contribution in [3.63, 3.8) is 0 Å². The van der Waals surface area contributed by atoms with E-state index in [4.69, 9.17) is 9.15 Å². The molecular weight excluding hydrogens is 514 g/mol. The third-order valence-electron chi connectivity index (χ3n) is 7.79. The second kappa shape index (κ2) is 9.77. The molecule has 0 saturated heterocycles. The standard InChI is InChI=1S/C34H33N3O4/c1-6-26-24-17-18-25-29(38)27(30(22-11-8-7-9-12-22)40-31(25)28(24)37(5)36-26)21-13-15-23(16-14-21)34(19-10-20-34)35-32(39)41-33(2,3)4/h6-9,11-18H,1,10,19-20H2,2-5H3,(H,35,39). The number of nitrogens with zero attached hydrogens (tertiary/aromatic N) is 2. The minimum Gasteiger partial charge on any atom is -0.453 e. The number of hydrogen-bond donors (Lipinski definition) is 1. The summed E-state index contributed by atoms with van der Waals surface area (Å²) in [6, 6.07) is 21.2. The summed E-state index contributed by atoms with van der Waals surface area (Å²) in [6.45, 7) is 9.44. The number of hydrogen-bond acceptors (Lipinski definition) is 5. The number of alkyl carbamates (subject to hydrolysis) is 1. The van der Waals surface area contributed by atoms with Crippen LogP contribution in [0.5, 0.6) is 0 Å². The fourth-order valence-corrected chi connectivity index (χ4v) is 5.71. The van der Waals surface area contributed by atoms with Crippen molar-refractivity contribution in [3.05, 3.63) is 94.8 Å². The molecular formula is C34H33N3O4. The maximum absolute atomic E-state index is 14.2. The lowest BCUT2D eigenvalue weighted by molar-refractivity contribution is 0.0377. The predicted molar refractivity (Wildman–Crippen MR) is 163 cm³/mol. The molecule has 3 aromatic carbocycles. The van der Waals surface area contributed by atoms with Crippen LogP contribution in [0.4, 0.5) is 4.79 Å². The van der Waals surface area contributed by atoms with E-state index in [1.54, 1.807) is 16.8 Å². The first kappa shape index (κ1) is 26.6. The number of rotatable bonds is 5.